The van der Waals surface area contributed by atoms with Crippen LogP contribution < -0.4 is 21.5 Å². The number of nitrogens with one attached hydrogen (secondary N) is 4. The van der Waals surface area contributed by atoms with Gasteiger partial charge < -0.3 is 15.5 Å². The van der Waals surface area contributed by atoms with E-state index in [1.165, 1.54) is 5.56 Å². The van der Waals surface area contributed by atoms with E-state index in [1.807, 2.05) is 44.4 Å². The molecule has 110 valence electrons. The Balaban J connectivity index is 2.12. The second-order valence-corrected chi connectivity index (χ2v) is 5.29. The van der Waals surface area contributed by atoms with Gasteiger partial charge in [0, 0.05) is 19.6 Å². The van der Waals surface area contributed by atoms with E-state index in [4.69, 9.17) is 24.4 Å². The minimum absolute atomic E-state index is 0.505. The van der Waals surface area contributed by atoms with Crippen LogP contribution in [0, 0.1) is 0 Å². The van der Waals surface area contributed by atoms with Gasteiger partial charge in [-0.2, -0.15) is 0 Å². The number of benzene rings is 1. The van der Waals surface area contributed by atoms with E-state index in [-0.39, 0.29) is 0 Å². The van der Waals surface area contributed by atoms with Crippen LogP contribution in [0.4, 0.5) is 0 Å². The van der Waals surface area contributed by atoms with Crippen LogP contribution in [0.2, 0.25) is 0 Å². The van der Waals surface area contributed by atoms with Gasteiger partial charge in [-0.05, 0) is 44.1 Å². The van der Waals surface area contributed by atoms with Crippen molar-refractivity contribution in [2.24, 2.45) is 0 Å². The van der Waals surface area contributed by atoms with Crippen LogP contribution in [0.5, 0.6) is 0 Å². The first-order chi connectivity index (χ1) is 9.58. The molecule has 1 aromatic rings. The van der Waals surface area contributed by atoms with Gasteiger partial charge in [-0.3, -0.25) is 10.9 Å². The Morgan fingerprint density at radius 3 is 2.20 bits per heavy atom. The molecule has 7 heteroatoms. The van der Waals surface area contributed by atoms with E-state index < -0.39 is 0 Å². The molecule has 0 saturated carbocycles. The van der Waals surface area contributed by atoms with Gasteiger partial charge in [0.1, 0.15) is 0 Å². The van der Waals surface area contributed by atoms with Crippen LogP contribution in [0.3, 0.4) is 0 Å². The van der Waals surface area contributed by atoms with Crippen molar-refractivity contribution >= 4 is 34.7 Å². The molecule has 0 fully saturated rings. The molecule has 0 aliphatic carbocycles. The lowest BCUT2D eigenvalue weighted by atomic mass is 10.2. The Bertz CT molecular complexity index is 422. The molecular weight excluding hydrogens is 290 g/mol. The zero-order valence-electron chi connectivity index (χ0n) is 11.8. The summed E-state index contributed by atoms with van der Waals surface area (Å²) in [6.07, 6.45) is 0. The maximum atomic E-state index is 5.15. The van der Waals surface area contributed by atoms with Crippen LogP contribution in [0.25, 0.3) is 0 Å². The lowest BCUT2D eigenvalue weighted by Crippen LogP contribution is -2.50. The van der Waals surface area contributed by atoms with E-state index in [9.17, 15) is 0 Å². The monoisotopic (exact) mass is 311 g/mol. The predicted molar refractivity (Wildman–Crippen MR) is 91.3 cm³/mol. The number of rotatable bonds is 5. The van der Waals surface area contributed by atoms with E-state index >= 15 is 0 Å². The highest BCUT2D eigenvalue weighted by Gasteiger charge is 1.98. The molecule has 0 heterocycles. The zero-order chi connectivity index (χ0) is 14.8. The lowest BCUT2D eigenvalue weighted by Gasteiger charge is -2.15. The predicted octanol–water partition coefficient (Wildman–Crippen LogP) is 0.591. The van der Waals surface area contributed by atoms with Gasteiger partial charge in [0.15, 0.2) is 10.2 Å². The third kappa shape index (κ3) is 7.88. The molecule has 0 radical (unpaired) electrons. The fourth-order valence-electron chi connectivity index (χ4n) is 1.37. The van der Waals surface area contributed by atoms with Crippen molar-refractivity contribution in [2.75, 3.05) is 27.2 Å². The normalized spacial score (nSPS) is 9.95. The second kappa shape index (κ2) is 9.46. The lowest BCUT2D eigenvalue weighted by molar-refractivity contribution is 0.412. The Labute approximate surface area is 131 Å². The summed E-state index contributed by atoms with van der Waals surface area (Å²) in [7, 11) is 4.03. The molecule has 0 aliphatic heterocycles. The molecule has 5 nitrogen and oxygen atoms in total. The van der Waals surface area contributed by atoms with Crippen molar-refractivity contribution in [3.63, 3.8) is 0 Å². The summed E-state index contributed by atoms with van der Waals surface area (Å²) >= 11 is 10.3. The van der Waals surface area contributed by atoms with Crippen molar-refractivity contribution in [2.45, 2.75) is 6.54 Å². The quantitative estimate of drug-likeness (QED) is 0.469. The van der Waals surface area contributed by atoms with Crippen LogP contribution in [-0.2, 0) is 6.54 Å². The fraction of sp³-hybridized carbons (Fsp3) is 0.385. The number of nitrogens with zero attached hydrogens (tertiary/aromatic N) is 1. The summed E-state index contributed by atoms with van der Waals surface area (Å²) in [5.41, 5.74) is 6.85. The van der Waals surface area contributed by atoms with Gasteiger partial charge in [-0.25, -0.2) is 0 Å². The largest absolute Gasteiger partial charge is 0.360 e. The molecule has 0 aliphatic rings. The fourth-order valence-corrected chi connectivity index (χ4v) is 1.65. The van der Waals surface area contributed by atoms with Crippen LogP contribution >= 0.6 is 24.4 Å². The summed E-state index contributed by atoms with van der Waals surface area (Å²) in [6.45, 7) is 2.37. The summed E-state index contributed by atoms with van der Waals surface area (Å²) in [6, 6.07) is 10.1. The van der Waals surface area contributed by atoms with Crippen LogP contribution in [0.15, 0.2) is 30.3 Å². The first-order valence-electron chi connectivity index (χ1n) is 6.34. The van der Waals surface area contributed by atoms with Gasteiger partial charge in [0.25, 0.3) is 0 Å². The average Bonchev–Trinajstić information content (AvgIpc) is 2.43. The number of hydrogen-bond donors (Lipinski definition) is 4. The highest BCUT2D eigenvalue weighted by atomic mass is 32.1. The minimum atomic E-state index is 0.505. The Morgan fingerprint density at radius 1 is 1.00 bits per heavy atom. The van der Waals surface area contributed by atoms with E-state index in [2.05, 4.69) is 26.4 Å². The molecule has 0 saturated heterocycles. The van der Waals surface area contributed by atoms with Crippen LogP contribution in [0.1, 0.15) is 5.56 Å². The van der Waals surface area contributed by atoms with Crippen molar-refractivity contribution < 1.29 is 0 Å². The molecule has 20 heavy (non-hydrogen) atoms. The average molecular weight is 311 g/mol. The third-order valence-electron chi connectivity index (χ3n) is 2.43. The Hall–Kier alpha value is -1.44. The van der Waals surface area contributed by atoms with E-state index in [0.29, 0.717) is 16.8 Å². The Morgan fingerprint density at radius 2 is 1.60 bits per heavy atom. The first-order valence-corrected chi connectivity index (χ1v) is 7.16. The summed E-state index contributed by atoms with van der Waals surface area (Å²) < 4.78 is 0. The summed E-state index contributed by atoms with van der Waals surface area (Å²) in [5.74, 6) is 0. The highest BCUT2D eigenvalue weighted by molar-refractivity contribution is 7.80. The molecule has 0 spiro atoms. The minimum Gasteiger partial charge on any atom is -0.360 e. The molecule has 4 N–H and O–H groups in total. The zero-order valence-corrected chi connectivity index (χ0v) is 13.4. The van der Waals surface area contributed by atoms with E-state index in [0.717, 1.165) is 13.1 Å². The van der Waals surface area contributed by atoms with Crippen LogP contribution in [-0.4, -0.2) is 42.3 Å². The Kier molecular flexibility index (Phi) is 7.86. The van der Waals surface area contributed by atoms with Gasteiger partial charge in [-0.15, -0.1) is 0 Å². The smallest absolute Gasteiger partial charge is 0.185 e. The van der Waals surface area contributed by atoms with E-state index in [1.54, 1.807) is 0 Å². The third-order valence-corrected chi connectivity index (χ3v) is 2.92. The van der Waals surface area contributed by atoms with Crippen molar-refractivity contribution in [3.05, 3.63) is 35.9 Å². The maximum Gasteiger partial charge on any atom is 0.185 e. The first kappa shape index (κ1) is 16.6. The van der Waals surface area contributed by atoms with Crippen molar-refractivity contribution in [1.82, 2.24) is 26.4 Å². The molecule has 0 amide bonds. The highest BCUT2D eigenvalue weighted by Crippen LogP contribution is 1.96. The molecule has 1 rings (SSSR count). The molecule has 0 bridgehead atoms. The number of hydrazine groups is 1. The second-order valence-electron chi connectivity index (χ2n) is 4.48. The van der Waals surface area contributed by atoms with Crippen molar-refractivity contribution in [3.8, 4) is 0 Å². The number of hydrogen-bond acceptors (Lipinski definition) is 3. The van der Waals surface area contributed by atoms with Gasteiger partial charge in [-0.1, -0.05) is 30.3 Å². The molecule has 0 unspecified atom stereocenters. The summed E-state index contributed by atoms with van der Waals surface area (Å²) in [4.78, 5) is 2.08. The van der Waals surface area contributed by atoms with Gasteiger partial charge in [0.05, 0.1) is 0 Å². The number of likely N-dealkylation sites (N-methyl/N-ethyl adjacent to an activating group) is 1. The van der Waals surface area contributed by atoms with Gasteiger partial charge in [0.2, 0.25) is 0 Å². The number of thiocarbonyl (C=S) groups is 2. The molecule has 1 aromatic carbocycles. The molecular formula is C13H21N5S2. The maximum absolute atomic E-state index is 5.15. The van der Waals surface area contributed by atoms with Crippen molar-refractivity contribution in [1.29, 1.82) is 0 Å². The topological polar surface area (TPSA) is 51.4 Å². The SMILES string of the molecule is CN(C)CCNC(=S)NNC(=S)NCc1ccccc1. The molecule has 0 atom stereocenters. The molecule has 0 aromatic heterocycles. The van der Waals surface area contributed by atoms with Gasteiger partial charge >= 0.3 is 0 Å². The standard InChI is InChI=1S/C13H21N5S2/c1-18(2)9-8-14-12(19)16-17-13(20)15-10-11-6-4-3-5-7-11/h3-7H,8-10H2,1-2H3,(H2,14,16,19)(H2,15,17,20). The summed E-state index contributed by atoms with van der Waals surface area (Å²) in [5, 5.41) is 7.19.